The zero-order valence-electron chi connectivity index (χ0n) is 18.8. The Hall–Kier alpha value is -2.47. The smallest absolute Gasteiger partial charge is 0.274 e. The normalized spacial score (nSPS) is 18.5. The molecule has 1 saturated heterocycles. The van der Waals surface area contributed by atoms with E-state index in [4.69, 9.17) is 5.10 Å². The van der Waals surface area contributed by atoms with Crippen molar-refractivity contribution in [2.75, 3.05) is 19.6 Å². The topological polar surface area (TPSA) is 39.3 Å². The number of hydrogen-bond donors (Lipinski definition) is 1. The van der Waals surface area contributed by atoms with Gasteiger partial charge >= 0.3 is 0 Å². The van der Waals surface area contributed by atoms with Gasteiger partial charge < -0.3 is 17.3 Å². The molecular weight excluding hydrogens is 450 g/mol. The lowest BCUT2D eigenvalue weighted by molar-refractivity contribution is -0.899. The van der Waals surface area contributed by atoms with E-state index in [2.05, 4.69) is 47.8 Å². The summed E-state index contributed by atoms with van der Waals surface area (Å²) in [6, 6.07) is 23.1. The Kier molecular flexibility index (Phi) is 7.97. The summed E-state index contributed by atoms with van der Waals surface area (Å²) in [6.07, 6.45) is 5.06. The number of aromatic nitrogens is 2. The van der Waals surface area contributed by atoms with Gasteiger partial charge in [-0.25, -0.2) is 4.68 Å². The molecule has 5 rings (SSSR count). The van der Waals surface area contributed by atoms with Crippen LogP contribution in [0.5, 0.6) is 0 Å². The molecule has 6 heteroatoms. The third-order valence-corrected chi connectivity index (χ3v) is 7.56. The van der Waals surface area contributed by atoms with Gasteiger partial charge in [-0.2, -0.15) is 5.10 Å². The Morgan fingerprint density at radius 2 is 1.73 bits per heavy atom. The Morgan fingerprint density at radius 1 is 0.939 bits per heavy atom. The second-order valence-corrected chi connectivity index (χ2v) is 9.85. The van der Waals surface area contributed by atoms with Gasteiger partial charge in [-0.05, 0) is 35.9 Å². The van der Waals surface area contributed by atoms with E-state index >= 15 is 0 Å². The van der Waals surface area contributed by atoms with Gasteiger partial charge in [0.1, 0.15) is 0 Å². The lowest BCUT2D eigenvalue weighted by Gasteiger charge is -2.19. The lowest BCUT2D eigenvalue weighted by Crippen LogP contribution is -3.12. The molecular formula is C27H30ClN3OS. The summed E-state index contributed by atoms with van der Waals surface area (Å²) in [5.74, 6) is 0. The molecule has 2 atom stereocenters. The highest BCUT2D eigenvalue weighted by molar-refractivity contribution is 7.09. The summed E-state index contributed by atoms with van der Waals surface area (Å²) >= 11 is 1.75. The van der Waals surface area contributed by atoms with Crippen molar-refractivity contribution >= 4 is 22.1 Å². The molecule has 1 N–H and O–H groups in total. The van der Waals surface area contributed by atoms with Crippen LogP contribution in [0.3, 0.4) is 0 Å². The maximum Gasteiger partial charge on any atom is 0.274 e. The van der Waals surface area contributed by atoms with E-state index in [1.807, 2.05) is 28.9 Å². The van der Waals surface area contributed by atoms with Crippen LogP contribution >= 0.6 is 11.3 Å². The first kappa shape index (κ1) is 23.7. The largest absolute Gasteiger partial charge is 1.00 e. The number of thiophene rings is 1. The van der Waals surface area contributed by atoms with Crippen molar-refractivity contribution in [3.63, 3.8) is 0 Å². The van der Waals surface area contributed by atoms with Crippen LogP contribution in [0, 0.1) is 0 Å². The second-order valence-electron chi connectivity index (χ2n) is 8.82. The number of halogens is 1. The molecule has 1 aliphatic rings. The fourth-order valence-electron chi connectivity index (χ4n) is 4.92. The first-order valence-electron chi connectivity index (χ1n) is 11.7. The number of likely N-dealkylation sites (tertiary alicyclic amines) is 1. The standard InChI is InChI=1S/C27H29N3OS.ClH/c31-27-25-13-5-4-12-24(25)26(20-23-11-7-19-32-23)28-30(27)22-10-6-16-29(18-15-22)17-14-21-8-2-1-3-9-21;/h1-5,7-9,11-13,19,22H,6,10,14-18,20H2;1H. The van der Waals surface area contributed by atoms with Gasteiger partial charge in [0.2, 0.25) is 0 Å². The molecule has 1 aliphatic heterocycles. The van der Waals surface area contributed by atoms with Crippen molar-refractivity contribution in [1.29, 1.82) is 0 Å². The molecule has 1 fully saturated rings. The number of hydrogen-bond acceptors (Lipinski definition) is 3. The number of benzene rings is 2. The summed E-state index contributed by atoms with van der Waals surface area (Å²) in [5, 5.41) is 8.85. The third-order valence-electron chi connectivity index (χ3n) is 6.68. The van der Waals surface area contributed by atoms with Crippen molar-refractivity contribution in [3.05, 3.63) is 98.6 Å². The Labute approximate surface area is 205 Å². The summed E-state index contributed by atoms with van der Waals surface area (Å²) in [4.78, 5) is 16.3. The zero-order chi connectivity index (χ0) is 21.8. The van der Waals surface area contributed by atoms with Gasteiger partial charge in [0, 0.05) is 29.5 Å². The minimum Gasteiger partial charge on any atom is -1.00 e. The van der Waals surface area contributed by atoms with Gasteiger partial charge in [-0.15, -0.1) is 11.3 Å². The monoisotopic (exact) mass is 479 g/mol. The van der Waals surface area contributed by atoms with Crippen LogP contribution in [0.2, 0.25) is 0 Å². The highest BCUT2D eigenvalue weighted by Crippen LogP contribution is 2.22. The van der Waals surface area contributed by atoms with Crippen molar-refractivity contribution in [2.45, 2.75) is 38.1 Å². The van der Waals surface area contributed by atoms with Crippen LogP contribution in [-0.4, -0.2) is 29.4 Å². The van der Waals surface area contributed by atoms with Gasteiger partial charge in [-0.3, -0.25) is 4.79 Å². The predicted molar refractivity (Wildman–Crippen MR) is 132 cm³/mol. The van der Waals surface area contributed by atoms with Gasteiger partial charge in [0.15, 0.2) is 0 Å². The van der Waals surface area contributed by atoms with E-state index in [1.54, 1.807) is 16.2 Å². The molecule has 2 aromatic carbocycles. The average molecular weight is 480 g/mol. The molecule has 0 amide bonds. The van der Waals surface area contributed by atoms with Crippen LogP contribution in [-0.2, 0) is 12.8 Å². The van der Waals surface area contributed by atoms with Crippen molar-refractivity contribution in [1.82, 2.24) is 9.78 Å². The molecule has 0 aliphatic carbocycles. The number of nitrogens with one attached hydrogen (secondary N) is 1. The maximum absolute atomic E-state index is 13.4. The van der Waals surface area contributed by atoms with Crippen LogP contribution in [0.4, 0.5) is 0 Å². The molecule has 4 nitrogen and oxygen atoms in total. The highest BCUT2D eigenvalue weighted by Gasteiger charge is 2.24. The molecule has 2 unspecified atom stereocenters. The lowest BCUT2D eigenvalue weighted by atomic mass is 10.1. The minimum atomic E-state index is 0. The SMILES string of the molecule is O=c1c2ccccc2c(Cc2cccs2)nn1C1CCC[NH+](CCc2ccccc2)CC1.[Cl-]. The first-order chi connectivity index (χ1) is 15.8. The molecule has 172 valence electrons. The van der Waals surface area contributed by atoms with Crippen molar-refractivity contribution in [3.8, 4) is 0 Å². The molecule has 4 aromatic rings. The molecule has 0 spiro atoms. The van der Waals surface area contributed by atoms with Gasteiger partial charge in [-0.1, -0.05) is 54.6 Å². The Morgan fingerprint density at radius 3 is 2.52 bits per heavy atom. The maximum atomic E-state index is 13.4. The van der Waals surface area contributed by atoms with E-state index in [9.17, 15) is 4.79 Å². The summed E-state index contributed by atoms with van der Waals surface area (Å²) < 4.78 is 1.82. The van der Waals surface area contributed by atoms with Crippen LogP contribution in [0.25, 0.3) is 10.8 Å². The van der Waals surface area contributed by atoms with E-state index in [1.165, 1.54) is 17.0 Å². The van der Waals surface area contributed by atoms with Gasteiger partial charge in [0.25, 0.3) is 5.56 Å². The fraction of sp³-hybridized carbons (Fsp3) is 0.333. The molecule has 3 heterocycles. The number of quaternary nitrogens is 1. The van der Waals surface area contributed by atoms with E-state index in [0.717, 1.165) is 61.7 Å². The van der Waals surface area contributed by atoms with E-state index in [-0.39, 0.29) is 24.0 Å². The Bertz CT molecular complexity index is 1220. The van der Waals surface area contributed by atoms with E-state index in [0.29, 0.717) is 0 Å². The number of fused-ring (bicyclic) bond motifs is 1. The average Bonchev–Trinajstić information content (AvgIpc) is 3.24. The zero-order valence-corrected chi connectivity index (χ0v) is 20.3. The van der Waals surface area contributed by atoms with Gasteiger partial charge in [0.05, 0.1) is 36.8 Å². The fourth-order valence-corrected chi connectivity index (χ4v) is 5.63. The molecule has 0 bridgehead atoms. The molecule has 33 heavy (non-hydrogen) atoms. The van der Waals surface area contributed by atoms with Crippen LogP contribution in [0.1, 0.15) is 41.4 Å². The highest BCUT2D eigenvalue weighted by atomic mass is 35.5. The third kappa shape index (κ3) is 5.55. The second kappa shape index (κ2) is 11.1. The Balaban J connectivity index is 0.00000259. The summed E-state index contributed by atoms with van der Waals surface area (Å²) in [5.41, 5.74) is 2.49. The van der Waals surface area contributed by atoms with Crippen molar-refractivity contribution in [2.24, 2.45) is 0 Å². The number of nitrogens with zero attached hydrogens (tertiary/aromatic N) is 2. The van der Waals surface area contributed by atoms with E-state index < -0.39 is 0 Å². The minimum absolute atomic E-state index is 0. The molecule has 0 saturated carbocycles. The predicted octanol–water partition coefficient (Wildman–Crippen LogP) is 0.905. The summed E-state index contributed by atoms with van der Waals surface area (Å²) in [7, 11) is 0. The quantitative estimate of drug-likeness (QED) is 0.446. The van der Waals surface area contributed by atoms with Crippen LogP contribution in [0.15, 0.2) is 76.9 Å². The summed E-state index contributed by atoms with van der Waals surface area (Å²) in [6.45, 7) is 3.42. The first-order valence-corrected chi connectivity index (χ1v) is 12.6. The molecule has 0 radical (unpaired) electrons. The van der Waals surface area contributed by atoms with Crippen LogP contribution < -0.4 is 22.9 Å². The van der Waals surface area contributed by atoms with Crippen molar-refractivity contribution < 1.29 is 17.3 Å². The molecule has 2 aromatic heterocycles. The number of rotatable bonds is 6.